The Hall–Kier alpha value is -2.49. The molecular formula is C18H16FNO2. The summed E-state index contributed by atoms with van der Waals surface area (Å²) in [4.78, 5) is 26.1. The zero-order valence-electron chi connectivity index (χ0n) is 12.3. The molecule has 1 amide bonds. The lowest BCUT2D eigenvalue weighted by Crippen LogP contribution is -2.40. The first kappa shape index (κ1) is 14.4. The van der Waals surface area contributed by atoms with E-state index in [1.807, 2.05) is 6.92 Å². The summed E-state index contributed by atoms with van der Waals surface area (Å²) in [7, 11) is 0. The van der Waals surface area contributed by atoms with Crippen LogP contribution in [-0.4, -0.2) is 18.2 Å². The van der Waals surface area contributed by atoms with Gasteiger partial charge in [-0.2, -0.15) is 0 Å². The van der Waals surface area contributed by atoms with Gasteiger partial charge in [0.05, 0.1) is 5.69 Å². The Morgan fingerprint density at radius 3 is 2.55 bits per heavy atom. The Morgan fingerprint density at radius 1 is 1.09 bits per heavy atom. The number of anilines is 1. The van der Waals surface area contributed by atoms with Crippen LogP contribution in [0.4, 0.5) is 10.1 Å². The van der Waals surface area contributed by atoms with Crippen molar-refractivity contribution in [3.63, 3.8) is 0 Å². The minimum Gasteiger partial charge on any atom is -0.302 e. The van der Waals surface area contributed by atoms with E-state index in [1.165, 1.54) is 11.0 Å². The highest BCUT2D eigenvalue weighted by Gasteiger charge is 2.30. The molecule has 0 aliphatic carbocycles. The fraction of sp³-hybridized carbons (Fsp3) is 0.222. The molecule has 1 heterocycles. The maximum atomic E-state index is 14.1. The van der Waals surface area contributed by atoms with Gasteiger partial charge < -0.3 is 4.90 Å². The molecule has 0 bridgehead atoms. The third kappa shape index (κ3) is 2.52. The number of ketones is 1. The summed E-state index contributed by atoms with van der Waals surface area (Å²) in [6, 6.07) is 11.6. The minimum atomic E-state index is -0.671. The molecule has 0 spiro atoms. The summed E-state index contributed by atoms with van der Waals surface area (Å²) in [6.45, 7) is 2.27. The Labute approximate surface area is 128 Å². The van der Waals surface area contributed by atoms with Crippen molar-refractivity contribution >= 4 is 17.4 Å². The second-order valence-electron chi connectivity index (χ2n) is 5.50. The number of carbonyl (C=O) groups excluding carboxylic acids is 2. The number of carbonyl (C=O) groups is 2. The van der Waals surface area contributed by atoms with Crippen molar-refractivity contribution in [3.8, 4) is 0 Å². The second-order valence-corrected chi connectivity index (χ2v) is 5.50. The standard InChI is InChI=1S/C18H16FNO2/c1-12-7-9-14(10-8-12)17(21)18(22)20-11-3-5-13-4-2-6-15(19)16(13)20/h2,4,6-10H,3,5,11H2,1H3. The van der Waals surface area contributed by atoms with Crippen LogP contribution in [0.3, 0.4) is 0 Å². The fourth-order valence-electron chi connectivity index (χ4n) is 2.76. The van der Waals surface area contributed by atoms with Gasteiger partial charge in [0, 0.05) is 12.1 Å². The predicted molar refractivity (Wildman–Crippen MR) is 82.6 cm³/mol. The number of hydrogen-bond acceptors (Lipinski definition) is 2. The number of hydrogen-bond donors (Lipinski definition) is 0. The molecule has 0 atom stereocenters. The van der Waals surface area contributed by atoms with E-state index >= 15 is 0 Å². The molecule has 0 N–H and O–H groups in total. The maximum Gasteiger partial charge on any atom is 0.299 e. The predicted octanol–water partition coefficient (Wildman–Crippen LogP) is 3.30. The van der Waals surface area contributed by atoms with Crippen LogP contribution in [0.2, 0.25) is 0 Å². The average molecular weight is 297 g/mol. The lowest BCUT2D eigenvalue weighted by molar-refractivity contribution is -0.114. The van der Waals surface area contributed by atoms with E-state index in [0.717, 1.165) is 24.0 Å². The van der Waals surface area contributed by atoms with Gasteiger partial charge in [-0.05, 0) is 31.4 Å². The number of Topliss-reactive ketones (excluding diaryl/α,β-unsaturated/α-hetero) is 1. The highest BCUT2D eigenvalue weighted by atomic mass is 19.1. The number of fused-ring (bicyclic) bond motifs is 1. The zero-order chi connectivity index (χ0) is 15.7. The van der Waals surface area contributed by atoms with Crippen molar-refractivity contribution in [2.45, 2.75) is 19.8 Å². The van der Waals surface area contributed by atoms with E-state index in [9.17, 15) is 14.0 Å². The first-order valence-corrected chi connectivity index (χ1v) is 7.28. The molecule has 3 nitrogen and oxygen atoms in total. The van der Waals surface area contributed by atoms with Crippen LogP contribution in [-0.2, 0) is 11.2 Å². The van der Waals surface area contributed by atoms with Crippen LogP contribution in [0.25, 0.3) is 0 Å². The molecule has 0 fully saturated rings. The highest BCUT2D eigenvalue weighted by molar-refractivity contribution is 6.47. The summed E-state index contributed by atoms with van der Waals surface area (Å²) in [6.07, 6.45) is 1.44. The van der Waals surface area contributed by atoms with Crippen LogP contribution in [0.1, 0.15) is 27.9 Å². The highest BCUT2D eigenvalue weighted by Crippen LogP contribution is 2.30. The molecule has 1 aliphatic rings. The number of para-hydroxylation sites is 1. The molecule has 22 heavy (non-hydrogen) atoms. The number of rotatable bonds is 2. The van der Waals surface area contributed by atoms with E-state index in [1.54, 1.807) is 36.4 Å². The number of benzene rings is 2. The monoisotopic (exact) mass is 297 g/mol. The lowest BCUT2D eigenvalue weighted by atomic mass is 10.00. The topological polar surface area (TPSA) is 37.4 Å². The van der Waals surface area contributed by atoms with E-state index in [4.69, 9.17) is 0 Å². The van der Waals surface area contributed by atoms with Gasteiger partial charge in [0.15, 0.2) is 0 Å². The Morgan fingerprint density at radius 2 is 1.82 bits per heavy atom. The van der Waals surface area contributed by atoms with Crippen LogP contribution in [0, 0.1) is 12.7 Å². The van der Waals surface area contributed by atoms with Gasteiger partial charge in [-0.3, -0.25) is 9.59 Å². The van der Waals surface area contributed by atoms with Gasteiger partial charge in [-0.1, -0.05) is 42.0 Å². The van der Waals surface area contributed by atoms with Crippen LogP contribution >= 0.6 is 0 Å². The molecule has 3 rings (SSSR count). The van der Waals surface area contributed by atoms with Gasteiger partial charge in [0.1, 0.15) is 5.82 Å². The Bertz CT molecular complexity index is 737. The van der Waals surface area contributed by atoms with Crippen LogP contribution in [0.5, 0.6) is 0 Å². The Balaban J connectivity index is 1.94. The molecule has 112 valence electrons. The summed E-state index contributed by atoms with van der Waals surface area (Å²) in [5, 5.41) is 0. The SMILES string of the molecule is Cc1ccc(C(=O)C(=O)N2CCCc3cccc(F)c32)cc1. The summed E-state index contributed by atoms with van der Waals surface area (Å²) in [5.41, 5.74) is 2.37. The molecule has 0 unspecified atom stereocenters. The van der Waals surface area contributed by atoms with Gasteiger partial charge >= 0.3 is 0 Å². The zero-order valence-corrected chi connectivity index (χ0v) is 12.3. The van der Waals surface area contributed by atoms with Gasteiger partial charge in [-0.15, -0.1) is 0 Å². The van der Waals surface area contributed by atoms with Gasteiger partial charge in [-0.25, -0.2) is 4.39 Å². The molecule has 1 aliphatic heterocycles. The smallest absolute Gasteiger partial charge is 0.299 e. The normalized spacial score (nSPS) is 13.6. The van der Waals surface area contributed by atoms with Crippen molar-refractivity contribution in [1.82, 2.24) is 0 Å². The summed E-state index contributed by atoms with van der Waals surface area (Å²) < 4.78 is 14.1. The van der Waals surface area contributed by atoms with Crippen molar-refractivity contribution in [2.24, 2.45) is 0 Å². The van der Waals surface area contributed by atoms with Crippen LogP contribution < -0.4 is 4.90 Å². The molecule has 0 saturated heterocycles. The van der Waals surface area contributed by atoms with Crippen molar-refractivity contribution in [3.05, 3.63) is 65.0 Å². The molecular weight excluding hydrogens is 281 g/mol. The molecule has 0 saturated carbocycles. The van der Waals surface area contributed by atoms with Crippen molar-refractivity contribution in [2.75, 3.05) is 11.4 Å². The third-order valence-electron chi connectivity index (χ3n) is 3.92. The first-order chi connectivity index (χ1) is 10.6. The third-order valence-corrected chi connectivity index (χ3v) is 3.92. The van der Waals surface area contributed by atoms with E-state index in [0.29, 0.717) is 12.1 Å². The first-order valence-electron chi connectivity index (χ1n) is 7.28. The van der Waals surface area contributed by atoms with Gasteiger partial charge in [0.2, 0.25) is 0 Å². The van der Waals surface area contributed by atoms with Crippen molar-refractivity contribution < 1.29 is 14.0 Å². The average Bonchev–Trinajstić information content (AvgIpc) is 2.54. The minimum absolute atomic E-state index is 0.249. The largest absolute Gasteiger partial charge is 0.302 e. The van der Waals surface area contributed by atoms with E-state index < -0.39 is 17.5 Å². The molecule has 0 radical (unpaired) electrons. The second kappa shape index (κ2) is 5.72. The quantitative estimate of drug-likeness (QED) is 0.630. The van der Waals surface area contributed by atoms with E-state index in [2.05, 4.69) is 0 Å². The number of amides is 1. The van der Waals surface area contributed by atoms with Crippen LogP contribution in [0.15, 0.2) is 42.5 Å². The molecule has 4 heteroatoms. The maximum absolute atomic E-state index is 14.1. The molecule has 0 aromatic heterocycles. The summed E-state index contributed by atoms with van der Waals surface area (Å²) in [5.74, 6) is -1.73. The lowest BCUT2D eigenvalue weighted by Gasteiger charge is -2.29. The molecule has 2 aromatic rings. The van der Waals surface area contributed by atoms with E-state index in [-0.39, 0.29) is 5.69 Å². The number of aryl methyl sites for hydroxylation is 2. The summed E-state index contributed by atoms with van der Waals surface area (Å²) >= 11 is 0. The Kier molecular flexibility index (Phi) is 3.75. The van der Waals surface area contributed by atoms with Crippen molar-refractivity contribution in [1.29, 1.82) is 0 Å². The molecule has 2 aromatic carbocycles. The fourth-order valence-corrected chi connectivity index (χ4v) is 2.76. The number of halogens is 1. The van der Waals surface area contributed by atoms with Gasteiger partial charge in [0.25, 0.3) is 11.7 Å². The number of nitrogens with zero attached hydrogens (tertiary/aromatic N) is 1.